The molecule has 1 fully saturated rings. The second kappa shape index (κ2) is 8.64. The highest BCUT2D eigenvalue weighted by Crippen LogP contribution is 2.35. The third kappa shape index (κ3) is 4.26. The van der Waals surface area contributed by atoms with Crippen LogP contribution in [0.4, 0.5) is 0 Å². The smallest absolute Gasteiger partial charge is 0.262 e. The van der Waals surface area contributed by atoms with Crippen molar-refractivity contribution in [2.24, 2.45) is 0 Å². The molecule has 0 saturated carbocycles. The average Bonchev–Trinajstić information content (AvgIpc) is 3.54. The molecule has 1 atom stereocenters. The molecule has 31 heavy (non-hydrogen) atoms. The number of benzene rings is 1. The molecular formula is C21H21N3O6S. The fraction of sp³-hybridized carbons (Fsp3) is 0.381. The Hall–Kier alpha value is -2.98. The van der Waals surface area contributed by atoms with Gasteiger partial charge < -0.3 is 23.9 Å². The van der Waals surface area contributed by atoms with Crippen molar-refractivity contribution >= 4 is 28.6 Å². The number of nitrogens with one attached hydrogen (secondary N) is 1. The summed E-state index contributed by atoms with van der Waals surface area (Å²) in [6.45, 7) is 1.56. The molecule has 0 radical (unpaired) electrons. The first kappa shape index (κ1) is 20.0. The van der Waals surface area contributed by atoms with Gasteiger partial charge in [0.05, 0.1) is 35.6 Å². The first-order chi connectivity index (χ1) is 15.2. The maximum absolute atomic E-state index is 13.3. The van der Waals surface area contributed by atoms with Crippen LogP contribution in [0.2, 0.25) is 0 Å². The van der Waals surface area contributed by atoms with Crippen LogP contribution in [0.15, 0.2) is 44.9 Å². The predicted octanol–water partition coefficient (Wildman–Crippen LogP) is 2.15. The van der Waals surface area contributed by atoms with Gasteiger partial charge in [-0.05, 0) is 31.0 Å². The lowest BCUT2D eigenvalue weighted by Crippen LogP contribution is -2.33. The van der Waals surface area contributed by atoms with Gasteiger partial charge in [0, 0.05) is 19.2 Å². The molecule has 0 spiro atoms. The van der Waals surface area contributed by atoms with Crippen molar-refractivity contribution in [2.45, 2.75) is 30.6 Å². The number of aromatic nitrogens is 2. The number of ether oxygens (including phenoxy) is 3. The van der Waals surface area contributed by atoms with E-state index in [-0.39, 0.29) is 36.7 Å². The summed E-state index contributed by atoms with van der Waals surface area (Å²) in [7, 11) is 0. The number of fused-ring (bicyclic) bond motifs is 2. The lowest BCUT2D eigenvalue weighted by Gasteiger charge is -2.13. The van der Waals surface area contributed by atoms with Crippen LogP contribution in [0.3, 0.4) is 0 Å². The van der Waals surface area contributed by atoms with Crippen LogP contribution in [0.5, 0.6) is 11.5 Å². The van der Waals surface area contributed by atoms with Crippen molar-refractivity contribution in [1.82, 2.24) is 14.9 Å². The standard InChI is InChI=1S/C21H21N3O6S/c25-19(22-9-13-3-1-5-27-13)11-31-21-23-16-8-18-17(29-12-30-18)7-15(16)20(26)24(21)10-14-4-2-6-28-14/h2,4,6-8,13H,1,3,5,9-12H2,(H,22,25). The van der Waals surface area contributed by atoms with Crippen molar-refractivity contribution in [2.75, 3.05) is 25.7 Å². The van der Waals surface area contributed by atoms with E-state index >= 15 is 0 Å². The number of rotatable bonds is 7. The maximum Gasteiger partial charge on any atom is 0.262 e. The molecule has 0 bridgehead atoms. The molecule has 5 rings (SSSR count). The monoisotopic (exact) mass is 443 g/mol. The van der Waals surface area contributed by atoms with Crippen LogP contribution in [0.1, 0.15) is 18.6 Å². The van der Waals surface area contributed by atoms with E-state index in [1.807, 2.05) is 0 Å². The zero-order valence-corrected chi connectivity index (χ0v) is 17.5. The fourth-order valence-corrected chi connectivity index (χ4v) is 4.44. The van der Waals surface area contributed by atoms with Gasteiger partial charge in [0.25, 0.3) is 5.56 Å². The van der Waals surface area contributed by atoms with E-state index in [1.165, 1.54) is 16.3 Å². The summed E-state index contributed by atoms with van der Waals surface area (Å²) in [4.78, 5) is 30.3. The molecular weight excluding hydrogens is 422 g/mol. The van der Waals surface area contributed by atoms with E-state index < -0.39 is 0 Å². The summed E-state index contributed by atoms with van der Waals surface area (Å²) in [6, 6.07) is 6.89. The van der Waals surface area contributed by atoms with Crippen LogP contribution < -0.4 is 20.3 Å². The molecule has 1 saturated heterocycles. The Labute approximate surface area is 181 Å². The highest BCUT2D eigenvalue weighted by Gasteiger charge is 2.21. The lowest BCUT2D eigenvalue weighted by atomic mass is 10.2. The third-order valence-electron chi connectivity index (χ3n) is 5.19. The molecule has 2 aliphatic heterocycles. The largest absolute Gasteiger partial charge is 0.467 e. The Kier molecular flexibility index (Phi) is 5.56. The minimum Gasteiger partial charge on any atom is -0.467 e. The minimum absolute atomic E-state index is 0.0780. The number of furan rings is 1. The topological polar surface area (TPSA) is 105 Å². The molecule has 162 valence electrons. The molecule has 2 aliphatic rings. The Morgan fingerprint density at radius 2 is 2.16 bits per heavy atom. The molecule has 9 nitrogen and oxygen atoms in total. The van der Waals surface area contributed by atoms with Gasteiger partial charge in [-0.25, -0.2) is 4.98 Å². The predicted molar refractivity (Wildman–Crippen MR) is 113 cm³/mol. The number of carbonyl (C=O) groups excluding carboxylic acids is 1. The van der Waals surface area contributed by atoms with Crippen LogP contribution in [0, 0.1) is 0 Å². The normalized spacial score (nSPS) is 17.4. The van der Waals surface area contributed by atoms with Crippen LogP contribution >= 0.6 is 11.8 Å². The van der Waals surface area contributed by atoms with Gasteiger partial charge in [0.2, 0.25) is 12.7 Å². The van der Waals surface area contributed by atoms with Gasteiger partial charge in [-0.2, -0.15) is 0 Å². The number of thioether (sulfide) groups is 1. The Bertz CT molecular complexity index is 1150. The molecule has 10 heteroatoms. The van der Waals surface area contributed by atoms with Gasteiger partial charge in [-0.15, -0.1) is 0 Å². The van der Waals surface area contributed by atoms with Crippen molar-refractivity contribution in [1.29, 1.82) is 0 Å². The van der Waals surface area contributed by atoms with E-state index in [2.05, 4.69) is 10.3 Å². The summed E-state index contributed by atoms with van der Waals surface area (Å²) < 4.78 is 23.3. The number of hydrogen-bond acceptors (Lipinski definition) is 8. The van der Waals surface area contributed by atoms with Crippen molar-refractivity contribution in [3.63, 3.8) is 0 Å². The fourth-order valence-electron chi connectivity index (χ4n) is 3.61. The van der Waals surface area contributed by atoms with Crippen molar-refractivity contribution in [3.8, 4) is 11.5 Å². The molecule has 0 aliphatic carbocycles. The van der Waals surface area contributed by atoms with Crippen molar-refractivity contribution < 1.29 is 23.4 Å². The number of hydrogen-bond donors (Lipinski definition) is 1. The zero-order chi connectivity index (χ0) is 21.2. The minimum atomic E-state index is -0.234. The maximum atomic E-state index is 13.3. The molecule has 3 aromatic rings. The zero-order valence-electron chi connectivity index (χ0n) is 16.7. The van der Waals surface area contributed by atoms with Crippen LogP contribution in [0.25, 0.3) is 10.9 Å². The van der Waals surface area contributed by atoms with Gasteiger partial charge in [-0.1, -0.05) is 11.8 Å². The summed E-state index contributed by atoms with van der Waals surface area (Å²) in [5.41, 5.74) is 0.258. The Morgan fingerprint density at radius 1 is 1.29 bits per heavy atom. The molecule has 1 amide bonds. The highest BCUT2D eigenvalue weighted by atomic mass is 32.2. The molecule has 1 unspecified atom stereocenters. The molecule has 1 N–H and O–H groups in total. The second-order valence-electron chi connectivity index (χ2n) is 7.32. The SMILES string of the molecule is O=C(CSc1nc2cc3c(cc2c(=O)n1Cc1ccco1)OCO3)NCC1CCCO1. The summed E-state index contributed by atoms with van der Waals surface area (Å²) >= 11 is 1.21. The molecule has 2 aromatic heterocycles. The number of carbonyl (C=O) groups is 1. The second-order valence-corrected chi connectivity index (χ2v) is 8.26. The Balaban J connectivity index is 1.41. The van der Waals surface area contributed by atoms with E-state index in [9.17, 15) is 9.59 Å². The van der Waals surface area contributed by atoms with Gasteiger partial charge >= 0.3 is 0 Å². The lowest BCUT2D eigenvalue weighted by molar-refractivity contribution is -0.119. The number of amides is 1. The van der Waals surface area contributed by atoms with E-state index in [0.717, 1.165) is 19.4 Å². The quantitative estimate of drug-likeness (QED) is 0.438. The Morgan fingerprint density at radius 3 is 2.94 bits per heavy atom. The summed E-state index contributed by atoms with van der Waals surface area (Å²) in [5.74, 6) is 1.69. The average molecular weight is 443 g/mol. The first-order valence-corrected chi connectivity index (χ1v) is 11.0. The third-order valence-corrected chi connectivity index (χ3v) is 6.17. The number of nitrogens with zero attached hydrogens (tertiary/aromatic N) is 2. The van der Waals surface area contributed by atoms with Crippen LogP contribution in [-0.4, -0.2) is 47.3 Å². The van der Waals surface area contributed by atoms with Crippen LogP contribution in [-0.2, 0) is 16.1 Å². The summed E-state index contributed by atoms with van der Waals surface area (Å²) in [5, 5.41) is 3.74. The van der Waals surface area contributed by atoms with E-state index in [0.29, 0.717) is 39.9 Å². The van der Waals surface area contributed by atoms with Gasteiger partial charge in [0.15, 0.2) is 16.7 Å². The van der Waals surface area contributed by atoms with Gasteiger partial charge in [-0.3, -0.25) is 14.2 Å². The molecule has 1 aromatic carbocycles. The summed E-state index contributed by atoms with van der Waals surface area (Å²) in [6.07, 6.45) is 3.61. The first-order valence-electron chi connectivity index (χ1n) is 10.0. The van der Waals surface area contributed by atoms with Gasteiger partial charge in [0.1, 0.15) is 5.76 Å². The highest BCUT2D eigenvalue weighted by molar-refractivity contribution is 7.99. The van der Waals surface area contributed by atoms with E-state index in [4.69, 9.17) is 18.6 Å². The van der Waals surface area contributed by atoms with Crippen molar-refractivity contribution in [3.05, 3.63) is 46.6 Å². The van der Waals surface area contributed by atoms with E-state index in [1.54, 1.807) is 30.5 Å². The molecule has 4 heterocycles.